The summed E-state index contributed by atoms with van der Waals surface area (Å²) in [5.74, 6) is -0.175. The summed E-state index contributed by atoms with van der Waals surface area (Å²) in [5.41, 5.74) is 3.89. The molecule has 1 aliphatic rings. The summed E-state index contributed by atoms with van der Waals surface area (Å²) in [6.45, 7) is 5.49. The van der Waals surface area contributed by atoms with Crippen LogP contribution in [0.3, 0.4) is 0 Å². The largest absolute Gasteiger partial charge is 0.294 e. The van der Waals surface area contributed by atoms with Gasteiger partial charge in [-0.1, -0.05) is 45.0 Å². The smallest absolute Gasteiger partial charge is 0.194 e. The molecule has 0 aliphatic heterocycles. The van der Waals surface area contributed by atoms with Gasteiger partial charge in [-0.2, -0.15) is 0 Å². The summed E-state index contributed by atoms with van der Waals surface area (Å²) in [4.78, 5) is 36.7. The molecule has 3 rings (SSSR count). The van der Waals surface area contributed by atoms with E-state index < -0.39 is 0 Å². The van der Waals surface area contributed by atoms with Gasteiger partial charge in [0.1, 0.15) is 0 Å². The van der Waals surface area contributed by atoms with Crippen molar-refractivity contribution in [2.45, 2.75) is 27.2 Å². The molecule has 0 fully saturated rings. The molecule has 0 bridgehead atoms. The van der Waals surface area contributed by atoms with Crippen LogP contribution in [0.2, 0.25) is 0 Å². The van der Waals surface area contributed by atoms with E-state index in [9.17, 15) is 14.4 Å². The lowest BCUT2D eigenvalue weighted by molar-refractivity contribution is 0.0938. The summed E-state index contributed by atoms with van der Waals surface area (Å²) >= 11 is 0. The highest BCUT2D eigenvalue weighted by molar-refractivity contribution is 6.23. The first kappa shape index (κ1) is 15.3. The number of ketones is 3. The number of fused-ring (bicyclic) bond motifs is 3. The van der Waals surface area contributed by atoms with Crippen LogP contribution in [-0.2, 0) is 0 Å². The summed E-state index contributed by atoms with van der Waals surface area (Å²) in [6.07, 6.45) is 0.410. The molecule has 0 radical (unpaired) electrons. The average molecular weight is 306 g/mol. The fourth-order valence-electron chi connectivity index (χ4n) is 2.94. The minimum absolute atomic E-state index is 0.0206. The molecule has 0 spiro atoms. The Morgan fingerprint density at radius 3 is 1.91 bits per heavy atom. The van der Waals surface area contributed by atoms with Crippen molar-refractivity contribution in [1.29, 1.82) is 0 Å². The van der Waals surface area contributed by atoms with E-state index in [2.05, 4.69) is 0 Å². The van der Waals surface area contributed by atoms with Gasteiger partial charge < -0.3 is 0 Å². The molecular formula is C20H18O3. The average Bonchev–Trinajstić information content (AvgIpc) is 2.85. The summed E-state index contributed by atoms with van der Waals surface area (Å²) < 4.78 is 0. The number of hydrogen-bond acceptors (Lipinski definition) is 3. The quantitative estimate of drug-likeness (QED) is 0.674. The van der Waals surface area contributed by atoms with Crippen molar-refractivity contribution in [3.63, 3.8) is 0 Å². The highest BCUT2D eigenvalue weighted by Crippen LogP contribution is 2.37. The molecule has 0 saturated carbocycles. The molecular weight excluding hydrogens is 288 g/mol. The van der Waals surface area contributed by atoms with Gasteiger partial charge in [-0.05, 0) is 23.3 Å². The van der Waals surface area contributed by atoms with E-state index in [-0.39, 0.29) is 23.3 Å². The molecule has 2 aromatic rings. The molecule has 0 atom stereocenters. The molecule has 0 heterocycles. The van der Waals surface area contributed by atoms with Crippen molar-refractivity contribution in [2.24, 2.45) is 5.92 Å². The lowest BCUT2D eigenvalue weighted by atomic mass is 9.96. The van der Waals surface area contributed by atoms with E-state index in [1.54, 1.807) is 31.2 Å². The van der Waals surface area contributed by atoms with Gasteiger partial charge in [-0.25, -0.2) is 0 Å². The third-order valence-corrected chi connectivity index (χ3v) is 4.27. The normalized spacial score (nSPS) is 12.3. The zero-order valence-corrected chi connectivity index (χ0v) is 13.5. The number of carbonyl (C=O) groups is 3. The van der Waals surface area contributed by atoms with Crippen LogP contribution in [0.15, 0.2) is 36.4 Å². The Kier molecular flexibility index (Phi) is 3.72. The lowest BCUT2D eigenvalue weighted by Crippen LogP contribution is -2.08. The van der Waals surface area contributed by atoms with E-state index >= 15 is 0 Å². The van der Waals surface area contributed by atoms with Crippen LogP contribution in [-0.4, -0.2) is 17.3 Å². The lowest BCUT2D eigenvalue weighted by Gasteiger charge is -2.06. The van der Waals surface area contributed by atoms with Gasteiger partial charge in [0.15, 0.2) is 17.3 Å². The molecule has 0 N–H and O–H groups in total. The first-order valence-electron chi connectivity index (χ1n) is 7.84. The van der Waals surface area contributed by atoms with Crippen LogP contribution in [0.25, 0.3) is 11.1 Å². The molecule has 3 nitrogen and oxygen atoms in total. The van der Waals surface area contributed by atoms with Gasteiger partial charge >= 0.3 is 0 Å². The van der Waals surface area contributed by atoms with Crippen LogP contribution < -0.4 is 0 Å². The predicted octanol–water partition coefficient (Wildman–Crippen LogP) is 4.33. The van der Waals surface area contributed by atoms with Gasteiger partial charge in [0, 0.05) is 34.6 Å². The van der Waals surface area contributed by atoms with E-state index in [1.165, 1.54) is 0 Å². The molecule has 0 saturated heterocycles. The van der Waals surface area contributed by atoms with Crippen LogP contribution in [0, 0.1) is 5.92 Å². The van der Waals surface area contributed by atoms with Gasteiger partial charge in [0.05, 0.1) is 0 Å². The van der Waals surface area contributed by atoms with Crippen LogP contribution in [0.1, 0.15) is 63.8 Å². The third kappa shape index (κ3) is 2.42. The Bertz CT molecular complexity index is 844. The highest BCUT2D eigenvalue weighted by Gasteiger charge is 2.28. The van der Waals surface area contributed by atoms with Gasteiger partial charge in [-0.3, -0.25) is 14.4 Å². The highest BCUT2D eigenvalue weighted by atomic mass is 16.1. The van der Waals surface area contributed by atoms with Crippen molar-refractivity contribution in [1.82, 2.24) is 0 Å². The van der Waals surface area contributed by atoms with Crippen molar-refractivity contribution in [3.8, 4) is 11.1 Å². The molecule has 116 valence electrons. The maximum Gasteiger partial charge on any atom is 0.194 e. The standard InChI is InChI=1S/C20H18O3/c1-4-18(21)12-5-7-14-15-8-6-13(19(22)11(2)3)10-17(15)20(23)16(14)9-12/h5-11H,4H2,1-3H3. The zero-order chi connectivity index (χ0) is 16.7. The second-order valence-electron chi connectivity index (χ2n) is 6.15. The molecule has 0 aromatic heterocycles. The number of rotatable bonds is 4. The summed E-state index contributed by atoms with van der Waals surface area (Å²) in [7, 11) is 0. The SMILES string of the molecule is CCC(=O)c1ccc2c(c1)C(=O)c1cc(C(=O)C(C)C)ccc1-2. The number of carbonyl (C=O) groups excluding carboxylic acids is 3. The van der Waals surface area contributed by atoms with Crippen molar-refractivity contribution < 1.29 is 14.4 Å². The van der Waals surface area contributed by atoms with E-state index in [0.29, 0.717) is 28.7 Å². The van der Waals surface area contributed by atoms with E-state index in [0.717, 1.165) is 11.1 Å². The predicted molar refractivity (Wildman–Crippen MR) is 89.1 cm³/mol. The fourth-order valence-corrected chi connectivity index (χ4v) is 2.94. The minimum Gasteiger partial charge on any atom is -0.294 e. The number of benzene rings is 2. The molecule has 2 aromatic carbocycles. The Balaban J connectivity index is 2.09. The first-order chi connectivity index (χ1) is 10.9. The number of hydrogen-bond donors (Lipinski definition) is 0. The van der Waals surface area contributed by atoms with E-state index in [4.69, 9.17) is 0 Å². The van der Waals surface area contributed by atoms with Crippen LogP contribution in [0.5, 0.6) is 0 Å². The topological polar surface area (TPSA) is 51.2 Å². The fraction of sp³-hybridized carbons (Fsp3) is 0.250. The van der Waals surface area contributed by atoms with Gasteiger partial charge in [-0.15, -0.1) is 0 Å². The van der Waals surface area contributed by atoms with Gasteiger partial charge in [0.25, 0.3) is 0 Å². The molecule has 0 unspecified atom stereocenters. The van der Waals surface area contributed by atoms with Crippen LogP contribution in [0.4, 0.5) is 0 Å². The summed E-state index contributed by atoms with van der Waals surface area (Å²) in [6, 6.07) is 10.5. The monoisotopic (exact) mass is 306 g/mol. The first-order valence-corrected chi connectivity index (χ1v) is 7.84. The third-order valence-electron chi connectivity index (χ3n) is 4.27. The maximum atomic E-state index is 12.7. The Hall–Kier alpha value is -2.55. The second kappa shape index (κ2) is 5.58. The Labute approximate surface area is 135 Å². The Morgan fingerprint density at radius 1 is 0.870 bits per heavy atom. The Morgan fingerprint density at radius 2 is 1.39 bits per heavy atom. The van der Waals surface area contributed by atoms with Crippen molar-refractivity contribution in [3.05, 3.63) is 58.7 Å². The molecule has 23 heavy (non-hydrogen) atoms. The molecule has 1 aliphatic carbocycles. The summed E-state index contributed by atoms with van der Waals surface area (Å²) in [5, 5.41) is 0. The van der Waals surface area contributed by atoms with Crippen molar-refractivity contribution >= 4 is 17.3 Å². The molecule has 3 heteroatoms. The molecule has 0 amide bonds. The maximum absolute atomic E-state index is 12.7. The van der Waals surface area contributed by atoms with Gasteiger partial charge in [0.2, 0.25) is 0 Å². The minimum atomic E-state index is -0.112. The second-order valence-corrected chi connectivity index (χ2v) is 6.15. The van der Waals surface area contributed by atoms with Crippen molar-refractivity contribution in [2.75, 3.05) is 0 Å². The zero-order valence-electron chi connectivity index (χ0n) is 13.5. The number of Topliss-reactive ketones (excluding diaryl/α,β-unsaturated/α-hetero) is 2. The van der Waals surface area contributed by atoms with Crippen LogP contribution >= 0.6 is 0 Å². The van der Waals surface area contributed by atoms with E-state index in [1.807, 2.05) is 26.0 Å².